The van der Waals surface area contributed by atoms with Gasteiger partial charge in [0.15, 0.2) is 5.43 Å². The van der Waals surface area contributed by atoms with Gasteiger partial charge < -0.3 is 4.57 Å². The minimum atomic E-state index is 0.196. The molecule has 0 saturated carbocycles. The van der Waals surface area contributed by atoms with Crippen molar-refractivity contribution in [2.24, 2.45) is 18.9 Å². The summed E-state index contributed by atoms with van der Waals surface area (Å²) in [5.74, 6) is 1.51. The maximum Gasteiger partial charge on any atom is 0.192 e. The van der Waals surface area contributed by atoms with Crippen LogP contribution < -0.4 is 5.43 Å². The Kier molecular flexibility index (Phi) is 6.04. The van der Waals surface area contributed by atoms with E-state index in [4.69, 9.17) is 0 Å². The van der Waals surface area contributed by atoms with Crippen molar-refractivity contribution in [1.82, 2.24) is 4.57 Å². The van der Waals surface area contributed by atoms with Gasteiger partial charge in [-0.25, -0.2) is 0 Å². The average molecular weight is 313 g/mol. The number of nitrogens with zero attached hydrogens (tertiary/aromatic N) is 1. The monoisotopic (exact) mass is 313 g/mol. The van der Waals surface area contributed by atoms with Gasteiger partial charge in [0.1, 0.15) is 0 Å². The van der Waals surface area contributed by atoms with Gasteiger partial charge in [-0.3, -0.25) is 4.79 Å². The smallest absolute Gasteiger partial charge is 0.192 e. The van der Waals surface area contributed by atoms with Crippen molar-refractivity contribution in [2.45, 2.75) is 59.8 Å². The van der Waals surface area contributed by atoms with Crippen LogP contribution in [0.25, 0.3) is 10.9 Å². The van der Waals surface area contributed by atoms with E-state index in [-0.39, 0.29) is 5.43 Å². The summed E-state index contributed by atoms with van der Waals surface area (Å²) in [7, 11) is 2.09. The van der Waals surface area contributed by atoms with Crippen molar-refractivity contribution in [2.75, 3.05) is 0 Å². The summed E-state index contributed by atoms with van der Waals surface area (Å²) in [5.41, 5.74) is 3.36. The molecular weight excluding hydrogens is 282 g/mol. The predicted molar refractivity (Wildman–Crippen MR) is 100 cm³/mol. The molecule has 0 N–H and O–H groups in total. The highest BCUT2D eigenvalue weighted by molar-refractivity contribution is 5.80. The number of pyridine rings is 1. The average Bonchev–Trinajstić information content (AvgIpc) is 2.52. The van der Waals surface area contributed by atoms with E-state index in [0.29, 0.717) is 0 Å². The van der Waals surface area contributed by atoms with E-state index in [1.54, 1.807) is 0 Å². The first kappa shape index (κ1) is 17.8. The first-order valence-electron chi connectivity index (χ1n) is 8.99. The van der Waals surface area contributed by atoms with Crippen LogP contribution in [-0.2, 0) is 13.5 Å². The lowest BCUT2D eigenvalue weighted by molar-refractivity contribution is 0.433. The Hall–Kier alpha value is -1.57. The van der Waals surface area contributed by atoms with Crippen molar-refractivity contribution in [3.8, 4) is 0 Å². The molecule has 23 heavy (non-hydrogen) atoms. The second kappa shape index (κ2) is 7.81. The van der Waals surface area contributed by atoms with E-state index in [2.05, 4.69) is 32.4 Å². The maximum atomic E-state index is 12.6. The lowest BCUT2D eigenvalue weighted by atomic mass is 9.94. The fraction of sp³-hybridized carbons (Fsp3) is 0.571. The molecule has 1 unspecified atom stereocenters. The van der Waals surface area contributed by atoms with Crippen LogP contribution in [0.4, 0.5) is 0 Å². The highest BCUT2D eigenvalue weighted by Crippen LogP contribution is 2.20. The van der Waals surface area contributed by atoms with Gasteiger partial charge in [0.25, 0.3) is 0 Å². The number of fused-ring (bicyclic) bond motifs is 1. The quantitative estimate of drug-likeness (QED) is 0.685. The Labute approximate surface area is 140 Å². The minimum absolute atomic E-state index is 0.196. The Bertz CT molecular complexity index is 712. The van der Waals surface area contributed by atoms with Crippen molar-refractivity contribution < 1.29 is 0 Å². The van der Waals surface area contributed by atoms with E-state index in [9.17, 15) is 4.79 Å². The molecule has 0 fully saturated rings. The molecule has 1 atom stereocenters. The number of para-hydroxylation sites is 1. The van der Waals surface area contributed by atoms with E-state index >= 15 is 0 Å². The Morgan fingerprint density at radius 2 is 1.74 bits per heavy atom. The zero-order valence-corrected chi connectivity index (χ0v) is 15.4. The van der Waals surface area contributed by atoms with Gasteiger partial charge >= 0.3 is 0 Å². The third-order valence-electron chi connectivity index (χ3n) is 5.04. The van der Waals surface area contributed by atoms with Crippen molar-refractivity contribution in [3.05, 3.63) is 45.7 Å². The summed E-state index contributed by atoms with van der Waals surface area (Å²) in [6.45, 7) is 8.90. The first-order valence-corrected chi connectivity index (χ1v) is 8.99. The van der Waals surface area contributed by atoms with Crippen molar-refractivity contribution in [3.63, 3.8) is 0 Å². The molecule has 0 spiro atoms. The third kappa shape index (κ3) is 4.25. The highest BCUT2D eigenvalue weighted by Gasteiger charge is 2.12. The SMILES string of the molecule is Cc1c(CCC(C)CCCC(C)C)n(C)c2ccccc2c1=O. The lowest BCUT2D eigenvalue weighted by Crippen LogP contribution is -2.17. The molecule has 2 nitrogen and oxygen atoms in total. The van der Waals surface area contributed by atoms with Crippen molar-refractivity contribution >= 4 is 10.9 Å². The molecule has 0 bridgehead atoms. The summed E-state index contributed by atoms with van der Waals surface area (Å²) < 4.78 is 2.22. The number of rotatable bonds is 7. The molecule has 0 amide bonds. The standard InChI is InChI=1S/C21H31NO/c1-15(2)9-8-10-16(3)13-14-19-17(4)21(23)18-11-6-7-12-20(18)22(19)5/h6-7,11-12,15-16H,8-10,13-14H2,1-5H3. The molecule has 126 valence electrons. The lowest BCUT2D eigenvalue weighted by Gasteiger charge is -2.18. The second-order valence-corrected chi connectivity index (χ2v) is 7.45. The molecule has 0 radical (unpaired) electrons. The molecule has 0 aliphatic heterocycles. The van der Waals surface area contributed by atoms with Crippen LogP contribution in [0.3, 0.4) is 0 Å². The molecule has 1 aromatic heterocycles. The Balaban J connectivity index is 2.13. The van der Waals surface area contributed by atoms with Crippen molar-refractivity contribution in [1.29, 1.82) is 0 Å². The Morgan fingerprint density at radius 1 is 1.04 bits per heavy atom. The summed E-state index contributed by atoms with van der Waals surface area (Å²) in [6, 6.07) is 7.93. The van der Waals surface area contributed by atoms with Crippen LogP contribution in [0, 0.1) is 18.8 Å². The van der Waals surface area contributed by atoms with Gasteiger partial charge in [0.05, 0.1) is 5.52 Å². The van der Waals surface area contributed by atoms with E-state index in [1.165, 1.54) is 25.0 Å². The van der Waals surface area contributed by atoms with Crippen LogP contribution in [-0.4, -0.2) is 4.57 Å². The van der Waals surface area contributed by atoms with E-state index < -0.39 is 0 Å². The molecule has 2 aromatic rings. The molecular formula is C21H31NO. The second-order valence-electron chi connectivity index (χ2n) is 7.45. The molecule has 1 heterocycles. The summed E-state index contributed by atoms with van der Waals surface area (Å²) in [4.78, 5) is 12.6. The number of aromatic nitrogens is 1. The van der Waals surface area contributed by atoms with Crippen LogP contribution in [0.2, 0.25) is 0 Å². The largest absolute Gasteiger partial charge is 0.347 e. The highest BCUT2D eigenvalue weighted by atomic mass is 16.1. The minimum Gasteiger partial charge on any atom is -0.347 e. The normalized spacial score (nSPS) is 13.0. The fourth-order valence-electron chi connectivity index (χ4n) is 3.45. The van der Waals surface area contributed by atoms with E-state index in [1.807, 2.05) is 31.2 Å². The summed E-state index contributed by atoms with van der Waals surface area (Å²) in [6.07, 6.45) is 6.07. The molecule has 0 aliphatic carbocycles. The molecule has 2 heteroatoms. The van der Waals surface area contributed by atoms with Gasteiger partial charge in [-0.05, 0) is 43.7 Å². The molecule has 1 aromatic carbocycles. The Morgan fingerprint density at radius 3 is 2.43 bits per heavy atom. The van der Waals surface area contributed by atoms with Gasteiger partial charge in [-0.1, -0.05) is 52.2 Å². The maximum absolute atomic E-state index is 12.6. The summed E-state index contributed by atoms with van der Waals surface area (Å²) >= 11 is 0. The first-order chi connectivity index (χ1) is 10.9. The van der Waals surface area contributed by atoms with Crippen LogP contribution in [0.1, 0.15) is 57.7 Å². The number of hydrogen-bond donors (Lipinski definition) is 0. The number of aryl methyl sites for hydroxylation is 1. The van der Waals surface area contributed by atoms with Gasteiger partial charge in [0, 0.05) is 23.7 Å². The zero-order chi connectivity index (χ0) is 17.0. The molecule has 0 saturated heterocycles. The molecule has 2 rings (SSSR count). The van der Waals surface area contributed by atoms with Crippen LogP contribution in [0.5, 0.6) is 0 Å². The predicted octanol–water partition coefficient (Wildman–Crippen LogP) is 5.24. The zero-order valence-electron chi connectivity index (χ0n) is 15.4. The van der Waals surface area contributed by atoms with E-state index in [0.717, 1.165) is 41.1 Å². The summed E-state index contributed by atoms with van der Waals surface area (Å²) in [5, 5.41) is 0.834. The van der Waals surface area contributed by atoms with Crippen LogP contribution in [0.15, 0.2) is 29.1 Å². The third-order valence-corrected chi connectivity index (χ3v) is 5.04. The van der Waals surface area contributed by atoms with Crippen LogP contribution >= 0.6 is 0 Å². The number of benzene rings is 1. The van der Waals surface area contributed by atoms with Gasteiger partial charge in [-0.2, -0.15) is 0 Å². The van der Waals surface area contributed by atoms with Gasteiger partial charge in [0.2, 0.25) is 0 Å². The topological polar surface area (TPSA) is 22.0 Å². The number of hydrogen-bond acceptors (Lipinski definition) is 1. The fourth-order valence-corrected chi connectivity index (χ4v) is 3.45. The molecule has 0 aliphatic rings. The van der Waals surface area contributed by atoms with Gasteiger partial charge in [-0.15, -0.1) is 0 Å².